The number of nitrogens with two attached hydrogens (primary N) is 1. The quantitative estimate of drug-likeness (QED) is 0.873. The van der Waals surface area contributed by atoms with Gasteiger partial charge in [0.05, 0.1) is 24.4 Å². The van der Waals surface area contributed by atoms with Crippen molar-refractivity contribution in [2.75, 3.05) is 6.54 Å². The lowest BCUT2D eigenvalue weighted by atomic mass is 10.1. The summed E-state index contributed by atoms with van der Waals surface area (Å²) in [4.78, 5) is 3.99. The van der Waals surface area contributed by atoms with Gasteiger partial charge in [-0.1, -0.05) is 17.9 Å². The Balaban J connectivity index is 2.08. The van der Waals surface area contributed by atoms with Crippen LogP contribution in [0.15, 0.2) is 36.7 Å². The first kappa shape index (κ1) is 14.5. The molecule has 0 aliphatic carbocycles. The Morgan fingerprint density at radius 2 is 2.10 bits per heavy atom. The van der Waals surface area contributed by atoms with Crippen LogP contribution in [0.4, 0.5) is 4.39 Å². The number of aromatic nitrogens is 1. The average molecular weight is 281 g/mol. The van der Waals surface area contributed by atoms with Crippen molar-refractivity contribution in [3.63, 3.8) is 0 Å². The van der Waals surface area contributed by atoms with Crippen molar-refractivity contribution in [1.82, 2.24) is 4.98 Å². The molecule has 1 aromatic carbocycles. The molecule has 21 heavy (non-hydrogen) atoms. The van der Waals surface area contributed by atoms with Gasteiger partial charge in [0.15, 0.2) is 0 Å². The third kappa shape index (κ3) is 4.04. The van der Waals surface area contributed by atoms with Gasteiger partial charge in [0.2, 0.25) is 0 Å². The van der Waals surface area contributed by atoms with Gasteiger partial charge in [0.1, 0.15) is 18.2 Å². The monoisotopic (exact) mass is 281 g/mol. The van der Waals surface area contributed by atoms with E-state index in [1.54, 1.807) is 18.3 Å². The molecular weight excluding hydrogens is 269 g/mol. The molecule has 0 saturated carbocycles. The van der Waals surface area contributed by atoms with Crippen LogP contribution < -0.4 is 10.5 Å². The van der Waals surface area contributed by atoms with Crippen LogP contribution in [-0.2, 0) is 6.61 Å². The van der Waals surface area contributed by atoms with Gasteiger partial charge >= 0.3 is 0 Å². The Morgan fingerprint density at radius 1 is 1.24 bits per heavy atom. The van der Waals surface area contributed by atoms with Gasteiger partial charge in [-0.25, -0.2) is 4.39 Å². The third-order valence-electron chi connectivity index (χ3n) is 2.62. The van der Waals surface area contributed by atoms with Crippen molar-refractivity contribution in [3.8, 4) is 23.7 Å². The molecule has 0 radical (unpaired) electrons. The summed E-state index contributed by atoms with van der Waals surface area (Å²) in [7, 11) is 0. The summed E-state index contributed by atoms with van der Waals surface area (Å²) in [6, 6.07) is 7.84. The number of ether oxygens (including phenoxy) is 1. The van der Waals surface area contributed by atoms with E-state index in [1.165, 1.54) is 18.3 Å². The van der Waals surface area contributed by atoms with Crippen molar-refractivity contribution < 1.29 is 9.13 Å². The van der Waals surface area contributed by atoms with Crippen LogP contribution in [-0.4, -0.2) is 11.5 Å². The molecule has 0 unspecified atom stereocenters. The van der Waals surface area contributed by atoms with E-state index in [1.807, 2.05) is 6.07 Å². The number of rotatable bonds is 3. The number of benzene rings is 1. The average Bonchev–Trinajstić information content (AvgIpc) is 2.52. The smallest absolute Gasteiger partial charge is 0.139 e. The highest BCUT2D eigenvalue weighted by molar-refractivity contribution is 5.37. The lowest BCUT2D eigenvalue weighted by molar-refractivity contribution is 0.298. The Bertz CT molecular complexity index is 741. The molecule has 0 saturated heterocycles. The molecule has 0 atom stereocenters. The maximum absolute atomic E-state index is 13.7. The lowest BCUT2D eigenvalue weighted by Gasteiger charge is -2.07. The fraction of sp³-hybridized carbons (Fsp3) is 0.125. The Labute approximate surface area is 122 Å². The van der Waals surface area contributed by atoms with Crippen molar-refractivity contribution in [2.24, 2.45) is 5.73 Å². The first-order valence-corrected chi connectivity index (χ1v) is 6.18. The Kier molecular flexibility index (Phi) is 4.87. The highest BCUT2D eigenvalue weighted by Crippen LogP contribution is 2.15. The number of halogens is 1. The molecule has 0 spiro atoms. The zero-order valence-corrected chi connectivity index (χ0v) is 11.1. The van der Waals surface area contributed by atoms with E-state index in [4.69, 9.17) is 15.7 Å². The molecule has 2 rings (SSSR count). The van der Waals surface area contributed by atoms with Gasteiger partial charge < -0.3 is 10.5 Å². The largest absolute Gasteiger partial charge is 0.487 e. The SMILES string of the molecule is N#Cc1ccc(COc2cncc(C#CCN)c2)c(F)c1. The number of hydrogen-bond acceptors (Lipinski definition) is 4. The molecule has 0 aliphatic rings. The predicted octanol–water partition coefficient (Wildman–Crippen LogP) is 1.98. The summed E-state index contributed by atoms with van der Waals surface area (Å²) < 4.78 is 19.2. The van der Waals surface area contributed by atoms with E-state index in [9.17, 15) is 4.39 Å². The predicted molar refractivity (Wildman–Crippen MR) is 75.6 cm³/mol. The van der Waals surface area contributed by atoms with Crippen LogP contribution in [0.2, 0.25) is 0 Å². The summed E-state index contributed by atoms with van der Waals surface area (Å²) in [5, 5.41) is 8.68. The van der Waals surface area contributed by atoms with Crippen molar-refractivity contribution >= 4 is 0 Å². The molecule has 104 valence electrons. The maximum atomic E-state index is 13.7. The van der Waals surface area contributed by atoms with Crippen LogP contribution in [0.1, 0.15) is 16.7 Å². The minimum absolute atomic E-state index is 0.0486. The highest BCUT2D eigenvalue weighted by atomic mass is 19.1. The minimum atomic E-state index is -0.471. The van der Waals surface area contributed by atoms with Gasteiger partial charge in [-0.15, -0.1) is 0 Å². The summed E-state index contributed by atoms with van der Waals surface area (Å²) in [6.07, 6.45) is 3.12. The molecule has 5 heteroatoms. The molecule has 0 amide bonds. The molecule has 2 N–H and O–H groups in total. The Morgan fingerprint density at radius 3 is 2.81 bits per heavy atom. The maximum Gasteiger partial charge on any atom is 0.139 e. The van der Waals surface area contributed by atoms with Crippen LogP contribution in [0.3, 0.4) is 0 Å². The van der Waals surface area contributed by atoms with E-state index < -0.39 is 5.82 Å². The topological polar surface area (TPSA) is 71.9 Å². The standard InChI is InChI=1S/C16H12FN3O/c17-16-7-12(8-19)3-4-14(16)11-21-15-6-13(2-1-5-18)9-20-10-15/h3-4,6-7,9-10H,5,11,18H2. The van der Waals surface area contributed by atoms with E-state index in [0.29, 0.717) is 16.9 Å². The Hall–Kier alpha value is -2.89. The third-order valence-corrected chi connectivity index (χ3v) is 2.62. The molecule has 0 fully saturated rings. The highest BCUT2D eigenvalue weighted by Gasteiger charge is 2.05. The first-order chi connectivity index (χ1) is 10.2. The second-order valence-corrected chi connectivity index (χ2v) is 4.12. The van der Waals surface area contributed by atoms with Gasteiger partial charge in [0, 0.05) is 17.3 Å². The number of nitriles is 1. The summed E-state index contributed by atoms with van der Waals surface area (Å²) >= 11 is 0. The number of nitrogens with zero attached hydrogens (tertiary/aromatic N) is 2. The molecule has 0 aliphatic heterocycles. The van der Waals surface area contributed by atoms with Crippen LogP contribution in [0, 0.1) is 29.0 Å². The summed E-state index contributed by atoms with van der Waals surface area (Å²) in [5.74, 6) is 5.58. The normalized spacial score (nSPS) is 9.38. The minimum Gasteiger partial charge on any atom is -0.487 e. The number of pyridine rings is 1. The van der Waals surface area contributed by atoms with E-state index in [-0.39, 0.29) is 18.7 Å². The summed E-state index contributed by atoms with van der Waals surface area (Å²) in [5.41, 5.74) is 6.62. The fourth-order valence-electron chi connectivity index (χ4n) is 1.61. The molecule has 1 heterocycles. The van der Waals surface area contributed by atoms with Crippen LogP contribution >= 0.6 is 0 Å². The van der Waals surface area contributed by atoms with Gasteiger partial charge in [-0.2, -0.15) is 5.26 Å². The van der Waals surface area contributed by atoms with E-state index in [2.05, 4.69) is 16.8 Å². The van der Waals surface area contributed by atoms with Gasteiger partial charge in [-0.3, -0.25) is 4.98 Å². The first-order valence-electron chi connectivity index (χ1n) is 6.18. The second kappa shape index (κ2) is 7.04. The molecule has 0 bridgehead atoms. The van der Waals surface area contributed by atoms with Gasteiger partial charge in [0.25, 0.3) is 0 Å². The van der Waals surface area contributed by atoms with Crippen molar-refractivity contribution in [2.45, 2.75) is 6.61 Å². The zero-order chi connectivity index (χ0) is 15.1. The lowest BCUT2D eigenvalue weighted by Crippen LogP contribution is -1.99. The molecule has 1 aromatic heterocycles. The van der Waals surface area contributed by atoms with Crippen molar-refractivity contribution in [1.29, 1.82) is 5.26 Å². The molecule has 2 aromatic rings. The van der Waals surface area contributed by atoms with Crippen LogP contribution in [0.5, 0.6) is 5.75 Å². The molecular formula is C16H12FN3O. The van der Waals surface area contributed by atoms with E-state index >= 15 is 0 Å². The second-order valence-electron chi connectivity index (χ2n) is 4.12. The fourth-order valence-corrected chi connectivity index (χ4v) is 1.61. The zero-order valence-electron chi connectivity index (χ0n) is 11.1. The van der Waals surface area contributed by atoms with Crippen LogP contribution in [0.25, 0.3) is 0 Å². The molecule has 4 nitrogen and oxygen atoms in total. The summed E-state index contributed by atoms with van der Waals surface area (Å²) in [6.45, 7) is 0.314. The van der Waals surface area contributed by atoms with E-state index in [0.717, 1.165) is 0 Å². The number of hydrogen-bond donors (Lipinski definition) is 1. The van der Waals surface area contributed by atoms with Crippen molar-refractivity contribution in [3.05, 3.63) is 59.2 Å². The van der Waals surface area contributed by atoms with Gasteiger partial charge in [-0.05, 0) is 18.2 Å².